The van der Waals surface area contributed by atoms with Gasteiger partial charge in [0.15, 0.2) is 0 Å². The first-order chi connectivity index (χ1) is 8.08. The SMILES string of the molecule is C[Si](C)(Cc1ccccc1)c1ccc(Cl)cc1. The van der Waals surface area contributed by atoms with Gasteiger partial charge >= 0.3 is 0 Å². The molecule has 2 heteroatoms. The summed E-state index contributed by atoms with van der Waals surface area (Å²) in [5.41, 5.74) is 1.43. The van der Waals surface area contributed by atoms with Crippen molar-refractivity contribution in [3.05, 3.63) is 65.2 Å². The van der Waals surface area contributed by atoms with Crippen LogP contribution in [0.1, 0.15) is 5.56 Å². The maximum absolute atomic E-state index is 5.94. The zero-order chi connectivity index (χ0) is 12.3. The predicted molar refractivity (Wildman–Crippen MR) is 78.7 cm³/mol. The predicted octanol–water partition coefficient (Wildman–Crippen LogP) is 4.04. The van der Waals surface area contributed by atoms with E-state index in [1.54, 1.807) is 0 Å². The topological polar surface area (TPSA) is 0 Å². The zero-order valence-corrected chi connectivity index (χ0v) is 12.0. The Hall–Kier alpha value is -1.05. The average Bonchev–Trinajstić information content (AvgIpc) is 2.30. The van der Waals surface area contributed by atoms with E-state index in [2.05, 4.69) is 55.6 Å². The number of benzene rings is 2. The molecule has 0 heterocycles. The summed E-state index contributed by atoms with van der Waals surface area (Å²) in [6, 6.07) is 20.2. The molecule has 2 aromatic rings. The van der Waals surface area contributed by atoms with Gasteiger partial charge < -0.3 is 0 Å². The van der Waals surface area contributed by atoms with E-state index in [1.165, 1.54) is 16.8 Å². The molecular formula is C15H17ClSi. The van der Waals surface area contributed by atoms with Gasteiger partial charge in [-0.2, -0.15) is 0 Å². The molecule has 0 nitrogen and oxygen atoms in total. The summed E-state index contributed by atoms with van der Waals surface area (Å²) < 4.78 is 0. The highest BCUT2D eigenvalue weighted by molar-refractivity contribution is 6.89. The molecule has 0 aliphatic heterocycles. The molecule has 0 unspecified atom stereocenters. The van der Waals surface area contributed by atoms with Gasteiger partial charge in [-0.05, 0) is 18.2 Å². The Kier molecular flexibility index (Phi) is 3.70. The fourth-order valence-electron chi connectivity index (χ4n) is 2.11. The van der Waals surface area contributed by atoms with Crippen LogP contribution in [0, 0.1) is 0 Å². The summed E-state index contributed by atoms with van der Waals surface area (Å²) in [4.78, 5) is 0. The van der Waals surface area contributed by atoms with Crippen molar-refractivity contribution in [3.63, 3.8) is 0 Å². The van der Waals surface area contributed by atoms with Crippen molar-refractivity contribution in [2.75, 3.05) is 0 Å². The fraction of sp³-hybridized carbons (Fsp3) is 0.200. The van der Waals surface area contributed by atoms with Gasteiger partial charge in [-0.25, -0.2) is 0 Å². The monoisotopic (exact) mass is 260 g/mol. The lowest BCUT2D eigenvalue weighted by atomic mass is 10.2. The van der Waals surface area contributed by atoms with Crippen molar-refractivity contribution in [3.8, 4) is 0 Å². The first-order valence-corrected chi connectivity index (χ1v) is 9.46. The molecule has 0 fully saturated rings. The second-order valence-electron chi connectivity index (χ2n) is 5.05. The molecule has 0 atom stereocenters. The number of halogens is 1. The normalized spacial score (nSPS) is 11.5. The molecule has 0 saturated carbocycles. The molecule has 0 radical (unpaired) electrons. The van der Waals surface area contributed by atoms with Crippen LogP contribution in [0.5, 0.6) is 0 Å². The quantitative estimate of drug-likeness (QED) is 0.731. The van der Waals surface area contributed by atoms with Crippen molar-refractivity contribution in [2.24, 2.45) is 0 Å². The lowest BCUT2D eigenvalue weighted by Gasteiger charge is -2.23. The van der Waals surface area contributed by atoms with E-state index in [0.29, 0.717) is 0 Å². The van der Waals surface area contributed by atoms with Gasteiger partial charge in [0.2, 0.25) is 0 Å². The Morgan fingerprint density at radius 3 is 2.06 bits per heavy atom. The highest BCUT2D eigenvalue weighted by Crippen LogP contribution is 2.14. The van der Waals surface area contributed by atoms with E-state index >= 15 is 0 Å². The minimum Gasteiger partial charge on any atom is -0.0843 e. The number of hydrogen-bond donors (Lipinski definition) is 0. The molecular weight excluding hydrogens is 244 g/mol. The molecule has 0 aliphatic rings. The first-order valence-electron chi connectivity index (χ1n) is 5.88. The van der Waals surface area contributed by atoms with Crippen LogP contribution < -0.4 is 5.19 Å². The highest BCUT2D eigenvalue weighted by Gasteiger charge is 2.23. The third-order valence-corrected chi connectivity index (χ3v) is 6.55. The van der Waals surface area contributed by atoms with Crippen molar-refractivity contribution in [1.29, 1.82) is 0 Å². The van der Waals surface area contributed by atoms with Gasteiger partial charge in [-0.1, -0.05) is 77.9 Å². The van der Waals surface area contributed by atoms with Crippen molar-refractivity contribution >= 4 is 24.9 Å². The van der Waals surface area contributed by atoms with Crippen LogP contribution in [0.25, 0.3) is 0 Å². The van der Waals surface area contributed by atoms with Crippen molar-refractivity contribution < 1.29 is 0 Å². The maximum atomic E-state index is 5.94. The summed E-state index contributed by atoms with van der Waals surface area (Å²) >= 11 is 5.94. The van der Waals surface area contributed by atoms with E-state index in [-0.39, 0.29) is 0 Å². The third-order valence-electron chi connectivity index (χ3n) is 3.11. The van der Waals surface area contributed by atoms with Gasteiger partial charge in [-0.3, -0.25) is 0 Å². The van der Waals surface area contributed by atoms with Crippen LogP contribution in [-0.4, -0.2) is 8.07 Å². The van der Waals surface area contributed by atoms with E-state index in [0.717, 1.165) is 5.02 Å². The maximum Gasteiger partial charge on any atom is 0.0849 e. The van der Waals surface area contributed by atoms with Gasteiger partial charge in [0.05, 0.1) is 8.07 Å². The smallest absolute Gasteiger partial charge is 0.0843 e. The van der Waals surface area contributed by atoms with Gasteiger partial charge in [0.1, 0.15) is 0 Å². The van der Waals surface area contributed by atoms with E-state index in [4.69, 9.17) is 11.6 Å². The Morgan fingerprint density at radius 2 is 1.47 bits per heavy atom. The molecule has 88 valence electrons. The minimum absolute atomic E-state index is 0.818. The molecule has 0 N–H and O–H groups in total. The van der Waals surface area contributed by atoms with Gasteiger partial charge in [0, 0.05) is 5.02 Å². The van der Waals surface area contributed by atoms with Crippen LogP contribution >= 0.6 is 11.6 Å². The zero-order valence-electron chi connectivity index (χ0n) is 10.3. The Bertz CT molecular complexity index is 474. The summed E-state index contributed by atoms with van der Waals surface area (Å²) in [6.45, 7) is 4.81. The van der Waals surface area contributed by atoms with Gasteiger partial charge in [-0.15, -0.1) is 0 Å². The van der Waals surface area contributed by atoms with E-state index in [9.17, 15) is 0 Å². The first kappa shape index (κ1) is 12.4. The second-order valence-corrected chi connectivity index (χ2v) is 10.2. The Morgan fingerprint density at radius 1 is 0.882 bits per heavy atom. The molecule has 0 saturated heterocycles. The lowest BCUT2D eigenvalue weighted by molar-refractivity contribution is 1.32. The van der Waals surface area contributed by atoms with Crippen molar-refractivity contribution in [2.45, 2.75) is 19.1 Å². The second kappa shape index (κ2) is 5.07. The molecule has 0 bridgehead atoms. The van der Waals surface area contributed by atoms with E-state index in [1.807, 2.05) is 12.1 Å². The highest BCUT2D eigenvalue weighted by atomic mass is 35.5. The van der Waals surface area contributed by atoms with Crippen LogP contribution in [0.15, 0.2) is 54.6 Å². The molecule has 0 amide bonds. The minimum atomic E-state index is -1.40. The van der Waals surface area contributed by atoms with Crippen LogP contribution in [0.4, 0.5) is 0 Å². The molecule has 17 heavy (non-hydrogen) atoms. The van der Waals surface area contributed by atoms with Crippen molar-refractivity contribution in [1.82, 2.24) is 0 Å². The summed E-state index contributed by atoms with van der Waals surface area (Å²) in [6.07, 6.45) is 0. The van der Waals surface area contributed by atoms with Gasteiger partial charge in [0.25, 0.3) is 0 Å². The summed E-state index contributed by atoms with van der Waals surface area (Å²) in [5.74, 6) is 0. The Labute approximate surface area is 109 Å². The number of hydrogen-bond acceptors (Lipinski definition) is 0. The molecule has 2 aromatic carbocycles. The lowest BCUT2D eigenvalue weighted by Crippen LogP contribution is -2.43. The largest absolute Gasteiger partial charge is 0.0849 e. The third kappa shape index (κ3) is 3.21. The van der Waals surface area contributed by atoms with Crippen LogP contribution in [-0.2, 0) is 6.04 Å². The molecule has 0 aromatic heterocycles. The fourth-order valence-corrected chi connectivity index (χ4v) is 4.76. The molecule has 0 aliphatic carbocycles. The van der Waals surface area contributed by atoms with E-state index < -0.39 is 8.07 Å². The molecule has 2 rings (SSSR count). The average molecular weight is 261 g/mol. The standard InChI is InChI=1S/C15H17ClSi/c1-17(2,12-13-6-4-3-5-7-13)15-10-8-14(16)9-11-15/h3-11H,12H2,1-2H3. The number of rotatable bonds is 3. The van der Waals surface area contributed by atoms with Crippen LogP contribution in [0.3, 0.4) is 0 Å². The summed E-state index contributed by atoms with van der Waals surface area (Å²) in [5, 5.41) is 2.28. The van der Waals surface area contributed by atoms with Crippen LogP contribution in [0.2, 0.25) is 18.1 Å². The molecule has 0 spiro atoms. The Balaban J connectivity index is 2.21. The summed E-state index contributed by atoms with van der Waals surface area (Å²) in [7, 11) is -1.40.